The van der Waals surface area contributed by atoms with Crippen LogP contribution >= 0.6 is 0 Å². The Hall–Kier alpha value is -1.55. The quantitative estimate of drug-likeness (QED) is 0.755. The van der Waals surface area contributed by atoms with Crippen LogP contribution in [0.4, 0.5) is 10.5 Å². The van der Waals surface area contributed by atoms with Crippen LogP contribution in [-0.2, 0) is 0 Å². The van der Waals surface area contributed by atoms with Crippen LogP contribution in [0.3, 0.4) is 0 Å². The molecular weight excluding hydrogens is 204 g/mol. The third kappa shape index (κ3) is 2.52. The number of rotatable bonds is 1. The Labute approximate surface area is 94.9 Å². The number of aliphatic hydroxyl groups excluding tert-OH is 1. The van der Waals surface area contributed by atoms with Gasteiger partial charge in [-0.25, -0.2) is 4.79 Å². The van der Waals surface area contributed by atoms with E-state index >= 15 is 0 Å². The molecule has 1 heterocycles. The zero-order valence-corrected chi connectivity index (χ0v) is 9.31. The zero-order chi connectivity index (χ0) is 11.5. The van der Waals surface area contributed by atoms with Gasteiger partial charge in [0.1, 0.15) is 0 Å². The largest absolute Gasteiger partial charge is 0.391 e. The Morgan fingerprint density at radius 1 is 1.56 bits per heavy atom. The van der Waals surface area contributed by atoms with Crippen molar-refractivity contribution in [3.8, 4) is 0 Å². The van der Waals surface area contributed by atoms with E-state index in [2.05, 4.69) is 5.32 Å². The van der Waals surface area contributed by atoms with Gasteiger partial charge in [0, 0.05) is 18.8 Å². The van der Waals surface area contributed by atoms with Gasteiger partial charge in [0.25, 0.3) is 0 Å². The molecule has 1 aliphatic rings. The van der Waals surface area contributed by atoms with Crippen molar-refractivity contribution in [3.63, 3.8) is 0 Å². The SMILES string of the molecule is Cc1cccc(NC(=O)N2CC[C@@H](O)C2)c1. The number of benzene rings is 1. The van der Waals surface area contributed by atoms with Crippen molar-refractivity contribution < 1.29 is 9.90 Å². The van der Waals surface area contributed by atoms with Gasteiger partial charge in [-0.3, -0.25) is 0 Å². The van der Waals surface area contributed by atoms with Gasteiger partial charge in [-0.15, -0.1) is 0 Å². The Balaban J connectivity index is 1.97. The highest BCUT2D eigenvalue weighted by Gasteiger charge is 2.24. The molecule has 1 aromatic carbocycles. The second-order valence-electron chi connectivity index (χ2n) is 4.19. The summed E-state index contributed by atoms with van der Waals surface area (Å²) in [5.74, 6) is 0. The van der Waals surface area contributed by atoms with Crippen LogP contribution in [-0.4, -0.2) is 35.2 Å². The zero-order valence-electron chi connectivity index (χ0n) is 9.31. The number of carbonyl (C=O) groups is 1. The van der Waals surface area contributed by atoms with Gasteiger partial charge in [0.05, 0.1) is 6.10 Å². The second kappa shape index (κ2) is 4.53. The number of nitrogens with one attached hydrogen (secondary N) is 1. The van der Waals surface area contributed by atoms with E-state index in [0.29, 0.717) is 19.5 Å². The van der Waals surface area contributed by atoms with Crippen molar-refractivity contribution in [1.82, 2.24) is 4.90 Å². The molecule has 0 radical (unpaired) electrons. The molecular formula is C12H16N2O2. The molecule has 1 saturated heterocycles. The molecule has 2 N–H and O–H groups in total. The minimum atomic E-state index is -0.372. The third-order valence-electron chi connectivity index (χ3n) is 2.72. The van der Waals surface area contributed by atoms with Crippen LogP contribution in [0.25, 0.3) is 0 Å². The fraction of sp³-hybridized carbons (Fsp3) is 0.417. The summed E-state index contributed by atoms with van der Waals surface area (Å²) in [4.78, 5) is 13.4. The van der Waals surface area contributed by atoms with Crippen LogP contribution in [0, 0.1) is 6.92 Å². The summed E-state index contributed by atoms with van der Waals surface area (Å²) >= 11 is 0. The van der Waals surface area contributed by atoms with Crippen LogP contribution in [0.2, 0.25) is 0 Å². The topological polar surface area (TPSA) is 52.6 Å². The molecule has 4 heteroatoms. The van der Waals surface area contributed by atoms with Crippen LogP contribution in [0.5, 0.6) is 0 Å². The van der Waals surface area contributed by atoms with Crippen molar-refractivity contribution in [2.24, 2.45) is 0 Å². The second-order valence-corrected chi connectivity index (χ2v) is 4.19. The standard InChI is InChI=1S/C12H16N2O2/c1-9-3-2-4-10(7-9)13-12(16)14-6-5-11(15)8-14/h2-4,7,11,15H,5-6,8H2,1H3,(H,13,16)/t11-/m1/s1. The average molecular weight is 220 g/mol. The molecule has 4 nitrogen and oxygen atoms in total. The van der Waals surface area contributed by atoms with Crippen molar-refractivity contribution in [1.29, 1.82) is 0 Å². The summed E-state index contributed by atoms with van der Waals surface area (Å²) < 4.78 is 0. The number of aliphatic hydroxyl groups is 1. The molecule has 1 aliphatic heterocycles. The Kier molecular flexibility index (Phi) is 3.10. The number of carbonyl (C=O) groups excluding carboxylic acids is 1. The van der Waals surface area contributed by atoms with Gasteiger partial charge >= 0.3 is 6.03 Å². The molecule has 86 valence electrons. The first-order valence-electron chi connectivity index (χ1n) is 5.46. The number of anilines is 1. The number of amides is 2. The lowest BCUT2D eigenvalue weighted by molar-refractivity contribution is 0.176. The summed E-state index contributed by atoms with van der Waals surface area (Å²) in [7, 11) is 0. The number of hydrogen-bond acceptors (Lipinski definition) is 2. The first kappa shape index (κ1) is 11.0. The Morgan fingerprint density at radius 2 is 2.38 bits per heavy atom. The predicted molar refractivity (Wildman–Crippen MR) is 62.4 cm³/mol. The van der Waals surface area contributed by atoms with Crippen molar-refractivity contribution in [2.75, 3.05) is 18.4 Å². The van der Waals surface area contributed by atoms with E-state index in [0.717, 1.165) is 11.3 Å². The maximum atomic E-state index is 11.8. The van der Waals surface area contributed by atoms with E-state index in [4.69, 9.17) is 0 Å². The number of aryl methyl sites for hydroxylation is 1. The summed E-state index contributed by atoms with van der Waals surface area (Å²) in [5.41, 5.74) is 1.91. The van der Waals surface area contributed by atoms with Crippen LogP contribution < -0.4 is 5.32 Å². The number of nitrogens with zero attached hydrogens (tertiary/aromatic N) is 1. The van der Waals surface area contributed by atoms with E-state index < -0.39 is 0 Å². The van der Waals surface area contributed by atoms with Crippen molar-refractivity contribution in [3.05, 3.63) is 29.8 Å². The minimum Gasteiger partial charge on any atom is -0.391 e. The molecule has 1 atom stereocenters. The first-order valence-corrected chi connectivity index (χ1v) is 5.46. The van der Waals surface area contributed by atoms with Gasteiger partial charge in [0.15, 0.2) is 0 Å². The molecule has 0 bridgehead atoms. The molecule has 1 aromatic rings. The average Bonchev–Trinajstić information content (AvgIpc) is 2.65. The molecule has 2 rings (SSSR count). The smallest absolute Gasteiger partial charge is 0.321 e. The highest BCUT2D eigenvalue weighted by molar-refractivity contribution is 5.89. The molecule has 16 heavy (non-hydrogen) atoms. The molecule has 2 amide bonds. The van der Waals surface area contributed by atoms with E-state index in [1.165, 1.54) is 0 Å². The summed E-state index contributed by atoms with van der Waals surface area (Å²) in [5, 5.41) is 12.2. The van der Waals surface area contributed by atoms with Gasteiger partial charge in [-0.1, -0.05) is 12.1 Å². The molecule has 0 aliphatic carbocycles. The lowest BCUT2D eigenvalue weighted by Gasteiger charge is -2.16. The van der Waals surface area contributed by atoms with Crippen LogP contribution in [0.15, 0.2) is 24.3 Å². The van der Waals surface area contributed by atoms with E-state index in [-0.39, 0.29) is 12.1 Å². The number of β-amino-alcohol motifs (C(OH)–C–C–N with tert-alkyl or cyclic N) is 1. The molecule has 0 aromatic heterocycles. The number of urea groups is 1. The highest BCUT2D eigenvalue weighted by Crippen LogP contribution is 2.13. The lowest BCUT2D eigenvalue weighted by Crippen LogP contribution is -2.33. The summed E-state index contributed by atoms with van der Waals surface area (Å²) in [6.07, 6.45) is 0.296. The molecule has 1 fully saturated rings. The highest BCUT2D eigenvalue weighted by atomic mass is 16.3. The van der Waals surface area contributed by atoms with E-state index in [1.807, 2.05) is 31.2 Å². The predicted octanol–water partition coefficient (Wildman–Crippen LogP) is 1.59. The van der Waals surface area contributed by atoms with E-state index in [9.17, 15) is 9.90 Å². The summed E-state index contributed by atoms with van der Waals surface area (Å²) in [6, 6.07) is 7.53. The van der Waals surface area contributed by atoms with Crippen LogP contribution in [0.1, 0.15) is 12.0 Å². The lowest BCUT2D eigenvalue weighted by atomic mass is 10.2. The molecule has 0 saturated carbocycles. The van der Waals surface area contributed by atoms with Gasteiger partial charge < -0.3 is 15.3 Å². The fourth-order valence-corrected chi connectivity index (χ4v) is 1.85. The van der Waals surface area contributed by atoms with Gasteiger partial charge in [-0.05, 0) is 31.0 Å². The van der Waals surface area contributed by atoms with E-state index in [1.54, 1.807) is 4.90 Å². The normalized spacial score (nSPS) is 19.9. The maximum Gasteiger partial charge on any atom is 0.321 e. The third-order valence-corrected chi connectivity index (χ3v) is 2.72. The first-order chi connectivity index (χ1) is 7.65. The fourth-order valence-electron chi connectivity index (χ4n) is 1.85. The monoisotopic (exact) mass is 220 g/mol. The summed E-state index contributed by atoms with van der Waals surface area (Å²) in [6.45, 7) is 3.03. The Bertz CT molecular complexity index is 392. The van der Waals surface area contributed by atoms with Crippen molar-refractivity contribution >= 4 is 11.7 Å². The Morgan fingerprint density at radius 3 is 3.00 bits per heavy atom. The molecule has 0 unspecified atom stereocenters. The number of likely N-dealkylation sites (tertiary alicyclic amines) is 1. The number of hydrogen-bond donors (Lipinski definition) is 2. The van der Waals surface area contributed by atoms with Gasteiger partial charge in [0.2, 0.25) is 0 Å². The van der Waals surface area contributed by atoms with Crippen molar-refractivity contribution in [2.45, 2.75) is 19.4 Å². The minimum absolute atomic E-state index is 0.137. The maximum absolute atomic E-state index is 11.8. The van der Waals surface area contributed by atoms with Gasteiger partial charge in [-0.2, -0.15) is 0 Å². The molecule has 0 spiro atoms.